The van der Waals surface area contributed by atoms with Crippen LogP contribution < -0.4 is 10.6 Å². The molecule has 0 saturated heterocycles. The zero-order valence-electron chi connectivity index (χ0n) is 14.5. The van der Waals surface area contributed by atoms with E-state index in [9.17, 15) is 20.3 Å². The van der Waals surface area contributed by atoms with E-state index in [-0.39, 0.29) is 33.0 Å². The third-order valence-electron chi connectivity index (χ3n) is 3.54. The minimum Gasteiger partial charge on any atom is -0.865 e. The second-order valence-electron chi connectivity index (χ2n) is 5.54. The maximum Gasteiger partial charge on any atom is 0.266 e. The Bertz CT molecular complexity index is 1030. The standard InChI is InChI=1S/C16H14Cl2N4O6/c1-6(2)12(17)7(3)11(14(18)20-25)15-19-16(28-21-15)8-4-9(22(26)27)13(24)10(23)5-8/h4-5,20,23-25H,1H2,2-3H3/p-1/b12-7+,14-11+. The van der Waals surface area contributed by atoms with Crippen LogP contribution in [0.2, 0.25) is 0 Å². The molecule has 0 aliphatic heterocycles. The van der Waals surface area contributed by atoms with Crippen molar-refractivity contribution in [3.8, 4) is 23.0 Å². The van der Waals surface area contributed by atoms with E-state index in [1.54, 1.807) is 19.3 Å². The van der Waals surface area contributed by atoms with Gasteiger partial charge in [-0.2, -0.15) is 4.98 Å². The molecule has 0 aliphatic carbocycles. The highest BCUT2D eigenvalue weighted by Crippen LogP contribution is 2.38. The van der Waals surface area contributed by atoms with Gasteiger partial charge >= 0.3 is 0 Å². The predicted molar refractivity (Wildman–Crippen MR) is 98.6 cm³/mol. The zero-order valence-corrected chi connectivity index (χ0v) is 16.0. The van der Waals surface area contributed by atoms with Crippen molar-refractivity contribution >= 4 is 34.5 Å². The number of hydrogen-bond donors (Lipinski definition) is 3. The Morgan fingerprint density at radius 3 is 2.54 bits per heavy atom. The highest BCUT2D eigenvalue weighted by Gasteiger charge is 2.22. The summed E-state index contributed by atoms with van der Waals surface area (Å²) in [7, 11) is 0. The average molecular weight is 428 g/mol. The number of nitro benzene ring substituents is 1. The third-order valence-corrected chi connectivity index (χ3v) is 4.42. The molecule has 1 aromatic carbocycles. The number of aromatic nitrogens is 2. The van der Waals surface area contributed by atoms with E-state index < -0.39 is 22.1 Å². The molecule has 0 unspecified atom stereocenters. The quantitative estimate of drug-likeness (QED) is 0.271. The minimum absolute atomic E-state index is 0.0670. The molecule has 0 aliphatic rings. The number of halogens is 2. The number of aromatic hydroxyl groups is 1. The largest absolute Gasteiger partial charge is 0.865 e. The molecule has 1 heterocycles. The number of phenols is 1. The molecule has 10 nitrogen and oxygen atoms in total. The van der Waals surface area contributed by atoms with E-state index in [2.05, 4.69) is 16.7 Å². The first-order valence-corrected chi connectivity index (χ1v) is 8.19. The fourth-order valence-corrected chi connectivity index (χ4v) is 2.54. The summed E-state index contributed by atoms with van der Waals surface area (Å²) >= 11 is 12.2. The van der Waals surface area contributed by atoms with Gasteiger partial charge in [-0.25, -0.2) is 0 Å². The van der Waals surface area contributed by atoms with Gasteiger partial charge in [-0.3, -0.25) is 20.8 Å². The maximum absolute atomic E-state index is 11.6. The van der Waals surface area contributed by atoms with Crippen molar-refractivity contribution < 1.29 is 24.9 Å². The Morgan fingerprint density at radius 2 is 2.00 bits per heavy atom. The number of benzene rings is 1. The van der Waals surface area contributed by atoms with Gasteiger partial charge in [-0.1, -0.05) is 34.9 Å². The molecule has 0 atom stereocenters. The highest BCUT2D eigenvalue weighted by atomic mass is 35.5. The lowest BCUT2D eigenvalue weighted by atomic mass is 10.1. The Balaban J connectivity index is 2.63. The number of nitro groups is 1. The van der Waals surface area contributed by atoms with Crippen LogP contribution in [0, 0.1) is 10.1 Å². The Kier molecular flexibility index (Phi) is 6.29. The molecule has 3 N–H and O–H groups in total. The molecule has 148 valence electrons. The zero-order chi connectivity index (χ0) is 21.2. The van der Waals surface area contributed by atoms with Crippen molar-refractivity contribution in [1.29, 1.82) is 0 Å². The van der Waals surface area contributed by atoms with E-state index in [0.717, 1.165) is 12.1 Å². The average Bonchev–Trinajstić information content (AvgIpc) is 3.12. The van der Waals surface area contributed by atoms with Gasteiger partial charge in [-0.15, -0.1) is 0 Å². The summed E-state index contributed by atoms with van der Waals surface area (Å²) in [6, 6.07) is 1.84. The van der Waals surface area contributed by atoms with Gasteiger partial charge in [0.1, 0.15) is 10.9 Å². The van der Waals surface area contributed by atoms with Crippen LogP contribution in [0.3, 0.4) is 0 Å². The molecule has 0 fully saturated rings. The molecule has 0 amide bonds. The highest BCUT2D eigenvalue weighted by molar-refractivity contribution is 6.35. The smallest absolute Gasteiger partial charge is 0.266 e. The molecule has 0 radical (unpaired) electrons. The lowest BCUT2D eigenvalue weighted by molar-refractivity contribution is -0.398. The SMILES string of the molecule is C=C(C)/C(Cl)=C(C)\C(=C(\Cl)NO)c1noc(-c2cc(O)c([O-])c([N+](=O)[O-])c2)n1. The van der Waals surface area contributed by atoms with E-state index in [4.69, 9.17) is 32.9 Å². The molecular formula is C16H13Cl2N4O6-. The number of nitrogens with one attached hydrogen (secondary N) is 1. The molecule has 28 heavy (non-hydrogen) atoms. The summed E-state index contributed by atoms with van der Waals surface area (Å²) in [5, 5.41) is 45.1. The molecule has 0 bridgehead atoms. The van der Waals surface area contributed by atoms with Crippen LogP contribution in [0.15, 0.2) is 44.6 Å². The van der Waals surface area contributed by atoms with Crippen LogP contribution in [0.1, 0.15) is 19.7 Å². The molecule has 12 heteroatoms. The Hall–Kier alpha value is -3.08. The number of rotatable bonds is 6. The van der Waals surface area contributed by atoms with Crippen molar-refractivity contribution in [2.45, 2.75) is 13.8 Å². The summed E-state index contributed by atoms with van der Waals surface area (Å²) in [6.07, 6.45) is 0. The molecule has 2 aromatic rings. The number of nitrogens with zero attached hydrogens (tertiary/aromatic N) is 3. The molecule has 1 aromatic heterocycles. The van der Waals surface area contributed by atoms with Crippen LogP contribution in [0.25, 0.3) is 17.0 Å². The summed E-state index contributed by atoms with van der Waals surface area (Å²) in [6.45, 7) is 6.94. The molecule has 0 saturated carbocycles. The van der Waals surface area contributed by atoms with E-state index >= 15 is 0 Å². The van der Waals surface area contributed by atoms with Gasteiger partial charge in [-0.05, 0) is 31.1 Å². The van der Waals surface area contributed by atoms with Gasteiger partial charge in [0.2, 0.25) is 5.82 Å². The van der Waals surface area contributed by atoms with Crippen LogP contribution in [0.4, 0.5) is 5.69 Å². The summed E-state index contributed by atoms with van der Waals surface area (Å²) in [4.78, 5) is 14.1. The van der Waals surface area contributed by atoms with E-state index in [1.165, 1.54) is 0 Å². The van der Waals surface area contributed by atoms with Crippen molar-refractivity contribution in [3.63, 3.8) is 0 Å². The first kappa shape index (κ1) is 21.2. The molecule has 2 rings (SSSR count). The molecular weight excluding hydrogens is 415 g/mol. The number of hydrogen-bond acceptors (Lipinski definition) is 9. The van der Waals surface area contributed by atoms with Crippen LogP contribution in [-0.4, -0.2) is 25.4 Å². The lowest BCUT2D eigenvalue weighted by Crippen LogP contribution is -2.07. The predicted octanol–water partition coefficient (Wildman–Crippen LogP) is 3.40. The van der Waals surface area contributed by atoms with Gasteiger partial charge in [0, 0.05) is 16.8 Å². The fraction of sp³-hybridized carbons (Fsp3) is 0.125. The summed E-state index contributed by atoms with van der Waals surface area (Å²) < 4.78 is 5.06. The van der Waals surface area contributed by atoms with Crippen molar-refractivity contribution in [1.82, 2.24) is 15.6 Å². The monoisotopic (exact) mass is 427 g/mol. The van der Waals surface area contributed by atoms with Crippen LogP contribution >= 0.6 is 23.2 Å². The third kappa shape index (κ3) is 4.09. The summed E-state index contributed by atoms with van der Waals surface area (Å²) in [5.41, 5.74) is 1.77. The number of phenolic OH excluding ortho intramolecular Hbond substituents is 1. The van der Waals surface area contributed by atoms with Gasteiger partial charge < -0.3 is 14.7 Å². The van der Waals surface area contributed by atoms with E-state index in [0.29, 0.717) is 11.1 Å². The van der Waals surface area contributed by atoms with Gasteiger partial charge in [0.25, 0.3) is 11.6 Å². The van der Waals surface area contributed by atoms with Crippen LogP contribution in [0.5, 0.6) is 11.5 Å². The number of hydroxylamine groups is 1. The second kappa shape index (κ2) is 8.30. The van der Waals surface area contributed by atoms with Gasteiger partial charge in [0.15, 0.2) is 0 Å². The lowest BCUT2D eigenvalue weighted by Gasteiger charge is -2.10. The van der Waals surface area contributed by atoms with Crippen molar-refractivity contribution in [2.75, 3.05) is 0 Å². The van der Waals surface area contributed by atoms with Crippen molar-refractivity contribution in [3.05, 3.63) is 56.0 Å². The van der Waals surface area contributed by atoms with Crippen LogP contribution in [-0.2, 0) is 0 Å². The Morgan fingerprint density at radius 1 is 1.36 bits per heavy atom. The number of allylic oxidation sites excluding steroid dienone is 4. The molecule has 0 spiro atoms. The van der Waals surface area contributed by atoms with Crippen molar-refractivity contribution in [2.24, 2.45) is 0 Å². The van der Waals surface area contributed by atoms with Gasteiger partial charge in [0.05, 0.1) is 16.1 Å². The minimum atomic E-state index is -1.14. The summed E-state index contributed by atoms with van der Waals surface area (Å²) in [5.74, 6) is -2.36. The van der Waals surface area contributed by atoms with E-state index in [1.807, 2.05) is 0 Å². The Labute approximate surface area is 168 Å². The first-order valence-electron chi connectivity index (χ1n) is 7.43. The first-order chi connectivity index (χ1) is 13.1. The fourth-order valence-electron chi connectivity index (χ4n) is 2.22. The topological polar surface area (TPSA) is 158 Å². The normalized spacial score (nSPS) is 12.9. The maximum atomic E-state index is 11.6. The second-order valence-corrected chi connectivity index (χ2v) is 6.30.